The minimum atomic E-state index is -0.110. The fourth-order valence-corrected chi connectivity index (χ4v) is 4.01. The first kappa shape index (κ1) is 19.2. The molecule has 4 rings (SSSR count). The highest BCUT2D eigenvalue weighted by atomic mass is 32.2. The number of hydrogen-bond acceptors (Lipinski definition) is 7. The van der Waals surface area contributed by atoms with Crippen molar-refractivity contribution < 1.29 is 9.53 Å². The van der Waals surface area contributed by atoms with Gasteiger partial charge in [-0.15, -0.1) is 21.5 Å². The molecule has 0 fully saturated rings. The van der Waals surface area contributed by atoms with Crippen molar-refractivity contribution in [2.24, 2.45) is 0 Å². The van der Waals surface area contributed by atoms with Crippen molar-refractivity contribution in [3.05, 3.63) is 66.4 Å². The molecule has 4 aromatic rings. The summed E-state index contributed by atoms with van der Waals surface area (Å²) in [6.07, 6.45) is 3.40. The highest BCUT2D eigenvalue weighted by Crippen LogP contribution is 2.24. The number of anilines is 1. The second kappa shape index (κ2) is 8.89. The summed E-state index contributed by atoms with van der Waals surface area (Å²) in [6.45, 7) is 0. The van der Waals surface area contributed by atoms with Crippen LogP contribution < -0.4 is 10.1 Å². The van der Waals surface area contributed by atoms with Gasteiger partial charge in [0, 0.05) is 28.5 Å². The third-order valence-electron chi connectivity index (χ3n) is 4.05. The Balaban J connectivity index is 1.36. The Morgan fingerprint density at radius 3 is 2.66 bits per heavy atom. The van der Waals surface area contributed by atoms with Gasteiger partial charge in [-0.1, -0.05) is 11.8 Å². The molecular weight excluding hydrogens is 406 g/mol. The van der Waals surface area contributed by atoms with E-state index in [2.05, 4.69) is 20.5 Å². The molecule has 9 heteroatoms. The first-order valence-corrected chi connectivity index (χ1v) is 10.6. The Hall–Kier alpha value is -3.17. The first-order valence-electron chi connectivity index (χ1n) is 8.70. The molecule has 0 saturated heterocycles. The maximum Gasteiger partial charge on any atom is 0.234 e. The van der Waals surface area contributed by atoms with Crippen LogP contribution in [-0.4, -0.2) is 38.5 Å². The number of thiazole rings is 1. The van der Waals surface area contributed by atoms with Gasteiger partial charge in [-0.05, 0) is 48.5 Å². The number of carbonyl (C=O) groups excluding carboxylic acids is 1. The summed E-state index contributed by atoms with van der Waals surface area (Å²) in [5.41, 5.74) is 2.67. The van der Waals surface area contributed by atoms with Crippen molar-refractivity contribution in [2.45, 2.75) is 5.16 Å². The van der Waals surface area contributed by atoms with Gasteiger partial charge < -0.3 is 10.1 Å². The molecule has 0 radical (unpaired) electrons. The molecule has 2 aromatic carbocycles. The lowest BCUT2D eigenvalue weighted by Gasteiger charge is -2.08. The monoisotopic (exact) mass is 423 g/mol. The molecule has 146 valence electrons. The fraction of sp³-hybridized carbons (Fsp3) is 0.100. The molecule has 0 atom stereocenters. The molecule has 1 N–H and O–H groups in total. The Bertz CT molecular complexity index is 1080. The van der Waals surface area contributed by atoms with Crippen molar-refractivity contribution in [1.82, 2.24) is 19.7 Å². The molecule has 0 spiro atoms. The minimum Gasteiger partial charge on any atom is -0.497 e. The number of rotatable bonds is 7. The standard InChI is InChI=1S/C20H17N5O2S2/c1-27-17-8-6-16(7-9-17)25-13-22-24-20(25)29-12-18(26)23-15-4-2-14(3-5-15)19-21-10-11-28-19/h2-11,13H,12H2,1H3,(H,23,26). The number of amides is 1. The zero-order valence-electron chi connectivity index (χ0n) is 15.5. The Morgan fingerprint density at radius 2 is 1.97 bits per heavy atom. The smallest absolute Gasteiger partial charge is 0.234 e. The van der Waals surface area contributed by atoms with Crippen molar-refractivity contribution >= 4 is 34.7 Å². The molecule has 1 amide bonds. The van der Waals surface area contributed by atoms with Gasteiger partial charge in [0.2, 0.25) is 5.91 Å². The second-order valence-corrected chi connectivity index (χ2v) is 7.77. The fourth-order valence-electron chi connectivity index (χ4n) is 2.63. The van der Waals surface area contributed by atoms with Crippen molar-refractivity contribution in [2.75, 3.05) is 18.2 Å². The van der Waals surface area contributed by atoms with Gasteiger partial charge in [-0.2, -0.15) is 0 Å². The lowest BCUT2D eigenvalue weighted by atomic mass is 10.2. The molecule has 0 saturated carbocycles. The SMILES string of the molecule is COc1ccc(-n2cnnc2SCC(=O)Nc2ccc(-c3nccs3)cc2)cc1. The van der Waals surface area contributed by atoms with Crippen LogP contribution >= 0.6 is 23.1 Å². The number of aromatic nitrogens is 4. The molecule has 0 aliphatic rings. The summed E-state index contributed by atoms with van der Waals surface area (Å²) < 4.78 is 7.01. The van der Waals surface area contributed by atoms with Gasteiger partial charge in [0.25, 0.3) is 0 Å². The third-order valence-corrected chi connectivity index (χ3v) is 5.81. The predicted molar refractivity (Wildman–Crippen MR) is 115 cm³/mol. The van der Waals surface area contributed by atoms with Crippen LogP contribution in [0.1, 0.15) is 0 Å². The van der Waals surface area contributed by atoms with E-state index in [1.54, 1.807) is 31.0 Å². The quantitative estimate of drug-likeness (QED) is 0.450. The summed E-state index contributed by atoms with van der Waals surface area (Å²) in [5, 5.41) is 14.5. The van der Waals surface area contributed by atoms with Gasteiger partial charge >= 0.3 is 0 Å². The van der Waals surface area contributed by atoms with Gasteiger partial charge in [-0.25, -0.2) is 4.98 Å². The van der Waals surface area contributed by atoms with Crippen LogP contribution in [0, 0.1) is 0 Å². The van der Waals surface area contributed by atoms with Crippen LogP contribution in [0.15, 0.2) is 71.6 Å². The molecule has 0 aliphatic carbocycles. The number of hydrogen-bond donors (Lipinski definition) is 1. The van der Waals surface area contributed by atoms with E-state index in [1.807, 2.05) is 58.5 Å². The number of thioether (sulfide) groups is 1. The van der Waals surface area contributed by atoms with Crippen LogP contribution in [0.2, 0.25) is 0 Å². The number of carbonyl (C=O) groups is 1. The predicted octanol–water partition coefficient (Wildman–Crippen LogP) is 4.13. The lowest BCUT2D eigenvalue weighted by Crippen LogP contribution is -2.14. The Kier molecular flexibility index (Phi) is 5.87. The second-order valence-electron chi connectivity index (χ2n) is 5.93. The van der Waals surface area contributed by atoms with E-state index in [9.17, 15) is 4.79 Å². The zero-order chi connectivity index (χ0) is 20.1. The van der Waals surface area contributed by atoms with E-state index in [0.29, 0.717) is 5.16 Å². The van der Waals surface area contributed by atoms with Gasteiger partial charge in [0.15, 0.2) is 5.16 Å². The minimum absolute atomic E-state index is 0.110. The van der Waals surface area contributed by atoms with Crippen LogP contribution in [0.5, 0.6) is 5.75 Å². The first-order chi connectivity index (χ1) is 14.2. The summed E-state index contributed by atoms with van der Waals surface area (Å²) in [7, 11) is 1.63. The molecule has 0 unspecified atom stereocenters. The maximum absolute atomic E-state index is 12.3. The van der Waals surface area contributed by atoms with Crippen molar-refractivity contribution in [3.63, 3.8) is 0 Å². The molecule has 0 bridgehead atoms. The highest BCUT2D eigenvalue weighted by molar-refractivity contribution is 7.99. The van der Waals surface area contributed by atoms with Crippen LogP contribution in [0.4, 0.5) is 5.69 Å². The average Bonchev–Trinajstić information content (AvgIpc) is 3.45. The summed E-state index contributed by atoms with van der Waals surface area (Å²) in [4.78, 5) is 16.6. The number of nitrogens with one attached hydrogen (secondary N) is 1. The van der Waals surface area contributed by atoms with E-state index in [-0.39, 0.29) is 11.7 Å². The van der Waals surface area contributed by atoms with Crippen molar-refractivity contribution in [3.8, 4) is 22.0 Å². The largest absolute Gasteiger partial charge is 0.497 e. The lowest BCUT2D eigenvalue weighted by molar-refractivity contribution is -0.113. The Morgan fingerprint density at radius 1 is 1.17 bits per heavy atom. The van der Waals surface area contributed by atoms with Crippen LogP contribution in [-0.2, 0) is 4.79 Å². The zero-order valence-corrected chi connectivity index (χ0v) is 17.1. The number of benzene rings is 2. The van der Waals surface area contributed by atoms with Gasteiger partial charge in [0.1, 0.15) is 17.1 Å². The molecule has 7 nitrogen and oxygen atoms in total. The van der Waals surface area contributed by atoms with E-state index in [0.717, 1.165) is 27.7 Å². The average molecular weight is 424 g/mol. The number of ether oxygens (including phenoxy) is 1. The highest BCUT2D eigenvalue weighted by Gasteiger charge is 2.11. The normalized spacial score (nSPS) is 10.7. The Labute approximate surface area is 175 Å². The van der Waals surface area contributed by atoms with E-state index < -0.39 is 0 Å². The molecule has 29 heavy (non-hydrogen) atoms. The third kappa shape index (κ3) is 4.64. The van der Waals surface area contributed by atoms with Crippen LogP contribution in [0.3, 0.4) is 0 Å². The van der Waals surface area contributed by atoms with Crippen LogP contribution in [0.25, 0.3) is 16.3 Å². The topological polar surface area (TPSA) is 81.9 Å². The molecule has 2 heterocycles. The molecule has 2 aromatic heterocycles. The van der Waals surface area contributed by atoms with Gasteiger partial charge in [-0.3, -0.25) is 9.36 Å². The number of methoxy groups -OCH3 is 1. The van der Waals surface area contributed by atoms with E-state index in [1.165, 1.54) is 11.8 Å². The molecule has 0 aliphatic heterocycles. The number of nitrogens with zero attached hydrogens (tertiary/aromatic N) is 4. The van der Waals surface area contributed by atoms with E-state index >= 15 is 0 Å². The summed E-state index contributed by atoms with van der Waals surface area (Å²) in [5.74, 6) is 0.890. The van der Waals surface area contributed by atoms with E-state index in [4.69, 9.17) is 4.74 Å². The summed E-state index contributed by atoms with van der Waals surface area (Å²) >= 11 is 2.90. The van der Waals surface area contributed by atoms with Crippen molar-refractivity contribution in [1.29, 1.82) is 0 Å². The van der Waals surface area contributed by atoms with Gasteiger partial charge in [0.05, 0.1) is 12.9 Å². The summed E-state index contributed by atoms with van der Waals surface area (Å²) in [6, 6.07) is 15.2. The maximum atomic E-state index is 12.3. The molecular formula is C20H17N5O2S2.